The molecule has 0 aromatic rings. The standard InChI is InChI=1S/C13H24O3/c1-3-5-11-6-4-8-13(16,9-7-11)10(2)12(14)15/h10-11,16H,3-9H2,1-2H3,(H,14,15). The van der Waals surface area contributed by atoms with Crippen LogP contribution < -0.4 is 0 Å². The summed E-state index contributed by atoms with van der Waals surface area (Å²) in [7, 11) is 0. The molecule has 0 bridgehead atoms. The van der Waals surface area contributed by atoms with Gasteiger partial charge in [0.15, 0.2) is 0 Å². The SMILES string of the molecule is CCCC1CCCC(O)(C(C)C(=O)O)CC1. The van der Waals surface area contributed by atoms with E-state index in [1.54, 1.807) is 6.92 Å². The van der Waals surface area contributed by atoms with Gasteiger partial charge in [0, 0.05) is 0 Å². The van der Waals surface area contributed by atoms with E-state index in [4.69, 9.17) is 5.11 Å². The zero-order valence-electron chi connectivity index (χ0n) is 10.4. The second-order valence-corrected chi connectivity index (χ2v) is 5.25. The average Bonchev–Trinajstić information content (AvgIpc) is 2.42. The molecule has 0 spiro atoms. The minimum atomic E-state index is -0.978. The molecular weight excluding hydrogens is 204 g/mol. The Labute approximate surface area is 97.9 Å². The molecule has 3 atom stereocenters. The van der Waals surface area contributed by atoms with Gasteiger partial charge in [0.2, 0.25) is 0 Å². The van der Waals surface area contributed by atoms with Crippen LogP contribution in [0.1, 0.15) is 58.8 Å². The predicted molar refractivity (Wildman–Crippen MR) is 63.2 cm³/mol. The molecule has 0 amide bonds. The fourth-order valence-electron chi connectivity index (χ4n) is 2.78. The smallest absolute Gasteiger partial charge is 0.309 e. The minimum Gasteiger partial charge on any atom is -0.481 e. The Kier molecular flexibility index (Phi) is 4.78. The van der Waals surface area contributed by atoms with E-state index in [-0.39, 0.29) is 0 Å². The van der Waals surface area contributed by atoms with E-state index in [0.29, 0.717) is 18.8 Å². The molecule has 1 aliphatic carbocycles. The van der Waals surface area contributed by atoms with Crippen LogP contribution in [-0.4, -0.2) is 21.8 Å². The average molecular weight is 228 g/mol. The summed E-state index contributed by atoms with van der Waals surface area (Å²) in [6.45, 7) is 3.81. The molecule has 16 heavy (non-hydrogen) atoms. The van der Waals surface area contributed by atoms with Crippen molar-refractivity contribution >= 4 is 5.97 Å². The third-order valence-corrected chi connectivity index (χ3v) is 4.08. The largest absolute Gasteiger partial charge is 0.481 e. The Bertz CT molecular complexity index is 239. The van der Waals surface area contributed by atoms with Gasteiger partial charge in [0.05, 0.1) is 11.5 Å². The highest BCUT2D eigenvalue weighted by Gasteiger charge is 2.39. The molecule has 0 aliphatic heterocycles. The Hall–Kier alpha value is -0.570. The first-order chi connectivity index (χ1) is 7.49. The summed E-state index contributed by atoms with van der Waals surface area (Å²) >= 11 is 0. The van der Waals surface area contributed by atoms with E-state index in [0.717, 1.165) is 19.3 Å². The van der Waals surface area contributed by atoms with E-state index in [1.165, 1.54) is 12.8 Å². The van der Waals surface area contributed by atoms with Crippen LogP contribution in [0.15, 0.2) is 0 Å². The molecule has 0 saturated heterocycles. The molecule has 0 aromatic heterocycles. The van der Waals surface area contributed by atoms with Crippen molar-refractivity contribution in [2.24, 2.45) is 11.8 Å². The van der Waals surface area contributed by atoms with E-state index in [9.17, 15) is 9.90 Å². The van der Waals surface area contributed by atoms with Gasteiger partial charge in [-0.1, -0.05) is 32.6 Å². The van der Waals surface area contributed by atoms with Crippen LogP contribution in [0.5, 0.6) is 0 Å². The third-order valence-electron chi connectivity index (χ3n) is 4.08. The Balaban J connectivity index is 2.60. The second kappa shape index (κ2) is 5.67. The number of hydrogen-bond donors (Lipinski definition) is 2. The molecular formula is C13H24O3. The minimum absolute atomic E-state index is 0.640. The Morgan fingerprint density at radius 2 is 2.12 bits per heavy atom. The van der Waals surface area contributed by atoms with Gasteiger partial charge in [-0.15, -0.1) is 0 Å². The maximum atomic E-state index is 11.0. The first-order valence-electron chi connectivity index (χ1n) is 6.44. The van der Waals surface area contributed by atoms with Gasteiger partial charge in [-0.05, 0) is 32.1 Å². The summed E-state index contributed by atoms with van der Waals surface area (Å²) in [5.74, 6) is -0.843. The summed E-state index contributed by atoms with van der Waals surface area (Å²) in [5.41, 5.74) is -0.978. The van der Waals surface area contributed by atoms with Crippen LogP contribution in [0, 0.1) is 11.8 Å². The van der Waals surface area contributed by atoms with Gasteiger partial charge in [0.1, 0.15) is 0 Å². The Morgan fingerprint density at radius 1 is 1.44 bits per heavy atom. The normalized spacial score (nSPS) is 33.1. The second-order valence-electron chi connectivity index (χ2n) is 5.25. The molecule has 0 aromatic carbocycles. The van der Waals surface area contributed by atoms with Crippen molar-refractivity contribution in [3.8, 4) is 0 Å². The maximum absolute atomic E-state index is 11.0. The van der Waals surface area contributed by atoms with Gasteiger partial charge in [-0.25, -0.2) is 0 Å². The van der Waals surface area contributed by atoms with Crippen molar-refractivity contribution in [3.63, 3.8) is 0 Å². The molecule has 3 heteroatoms. The molecule has 1 fully saturated rings. The fraction of sp³-hybridized carbons (Fsp3) is 0.923. The molecule has 0 heterocycles. The summed E-state index contributed by atoms with van der Waals surface area (Å²) in [4.78, 5) is 11.0. The first kappa shape index (κ1) is 13.5. The van der Waals surface area contributed by atoms with E-state index >= 15 is 0 Å². The monoisotopic (exact) mass is 228 g/mol. The van der Waals surface area contributed by atoms with Crippen molar-refractivity contribution in [1.82, 2.24) is 0 Å². The number of aliphatic hydroxyl groups is 1. The third kappa shape index (κ3) is 3.21. The number of hydrogen-bond acceptors (Lipinski definition) is 2. The summed E-state index contributed by atoms with van der Waals surface area (Å²) in [6, 6.07) is 0. The number of carboxylic acid groups (broad SMARTS) is 1. The lowest BCUT2D eigenvalue weighted by Gasteiger charge is -2.30. The van der Waals surface area contributed by atoms with Gasteiger partial charge in [-0.2, -0.15) is 0 Å². The maximum Gasteiger partial charge on any atom is 0.309 e. The molecule has 0 radical (unpaired) electrons. The van der Waals surface area contributed by atoms with Crippen LogP contribution in [0.2, 0.25) is 0 Å². The van der Waals surface area contributed by atoms with E-state index < -0.39 is 17.5 Å². The lowest BCUT2D eigenvalue weighted by molar-refractivity contribution is -0.151. The highest BCUT2D eigenvalue weighted by Crippen LogP contribution is 2.36. The van der Waals surface area contributed by atoms with Crippen LogP contribution >= 0.6 is 0 Å². The topological polar surface area (TPSA) is 57.5 Å². The molecule has 3 nitrogen and oxygen atoms in total. The van der Waals surface area contributed by atoms with Crippen LogP contribution in [-0.2, 0) is 4.79 Å². The van der Waals surface area contributed by atoms with Crippen molar-refractivity contribution in [3.05, 3.63) is 0 Å². The zero-order valence-corrected chi connectivity index (χ0v) is 10.4. The number of carbonyl (C=O) groups is 1. The number of carboxylic acids is 1. The number of rotatable bonds is 4. The summed E-state index contributed by atoms with van der Waals surface area (Å²) in [6.07, 6.45) is 6.74. The van der Waals surface area contributed by atoms with Crippen molar-refractivity contribution < 1.29 is 15.0 Å². The van der Waals surface area contributed by atoms with E-state index in [2.05, 4.69) is 6.92 Å². The van der Waals surface area contributed by atoms with Gasteiger partial charge in [0.25, 0.3) is 0 Å². The molecule has 3 unspecified atom stereocenters. The quantitative estimate of drug-likeness (QED) is 0.727. The Morgan fingerprint density at radius 3 is 2.69 bits per heavy atom. The van der Waals surface area contributed by atoms with Crippen molar-refractivity contribution in [2.45, 2.75) is 64.4 Å². The highest BCUT2D eigenvalue weighted by atomic mass is 16.4. The first-order valence-corrected chi connectivity index (χ1v) is 6.44. The summed E-state index contributed by atoms with van der Waals surface area (Å²) in [5, 5.41) is 19.4. The van der Waals surface area contributed by atoms with Crippen molar-refractivity contribution in [2.75, 3.05) is 0 Å². The molecule has 2 N–H and O–H groups in total. The van der Waals surface area contributed by atoms with Crippen LogP contribution in [0.25, 0.3) is 0 Å². The van der Waals surface area contributed by atoms with Gasteiger partial charge < -0.3 is 10.2 Å². The molecule has 1 rings (SSSR count). The number of aliphatic carboxylic acids is 1. The highest BCUT2D eigenvalue weighted by molar-refractivity contribution is 5.71. The fourth-order valence-corrected chi connectivity index (χ4v) is 2.78. The summed E-state index contributed by atoms with van der Waals surface area (Å²) < 4.78 is 0. The van der Waals surface area contributed by atoms with Crippen LogP contribution in [0.4, 0.5) is 0 Å². The molecule has 1 aliphatic rings. The van der Waals surface area contributed by atoms with Crippen molar-refractivity contribution in [1.29, 1.82) is 0 Å². The molecule has 94 valence electrons. The lowest BCUT2D eigenvalue weighted by Crippen LogP contribution is -2.40. The van der Waals surface area contributed by atoms with Gasteiger partial charge in [-0.3, -0.25) is 4.79 Å². The van der Waals surface area contributed by atoms with Crippen LogP contribution in [0.3, 0.4) is 0 Å². The zero-order chi connectivity index (χ0) is 12.2. The predicted octanol–water partition coefficient (Wildman–Crippen LogP) is 2.82. The van der Waals surface area contributed by atoms with Gasteiger partial charge >= 0.3 is 5.97 Å². The molecule has 1 saturated carbocycles. The van der Waals surface area contributed by atoms with E-state index in [1.807, 2.05) is 0 Å². The lowest BCUT2D eigenvalue weighted by atomic mass is 9.82.